The number of halogens is 2. The average molecular weight is 535 g/mol. The van der Waals surface area contributed by atoms with E-state index in [-0.39, 0.29) is 29.2 Å². The van der Waals surface area contributed by atoms with E-state index in [9.17, 15) is 13.6 Å². The highest BCUT2D eigenvalue weighted by Gasteiger charge is 2.29. The number of hydrogen-bond acceptors (Lipinski definition) is 8. The first kappa shape index (κ1) is 25.2. The van der Waals surface area contributed by atoms with E-state index < -0.39 is 11.6 Å². The standard InChI is InChI=1S/C28H28F2N6O3/c1-38-24-11-18(4-5-33-24)14-36(20-3-2-8-34(17-20)23-13-31-6-7-32-23)16-19-15-35-9-10-39-28-25(30)22(29)12-21(26(28)35)27(19)37/h4-7,11-13,15,20H,2-3,8-10,14,16-17H2,1H3. The van der Waals surface area contributed by atoms with Crippen LogP contribution in [-0.2, 0) is 19.6 Å². The van der Waals surface area contributed by atoms with Crippen molar-refractivity contribution in [2.75, 3.05) is 31.7 Å². The maximum absolute atomic E-state index is 14.5. The minimum absolute atomic E-state index is 0.0974. The van der Waals surface area contributed by atoms with Crippen LogP contribution in [0.1, 0.15) is 24.0 Å². The Kier molecular flexibility index (Phi) is 6.82. The summed E-state index contributed by atoms with van der Waals surface area (Å²) in [5.74, 6) is -1.03. The molecule has 1 fully saturated rings. The van der Waals surface area contributed by atoms with Crippen molar-refractivity contribution in [1.82, 2.24) is 24.4 Å². The smallest absolute Gasteiger partial charge is 0.213 e. The summed E-state index contributed by atoms with van der Waals surface area (Å²) in [6.07, 6.45) is 10.4. The molecule has 6 rings (SSSR count). The summed E-state index contributed by atoms with van der Waals surface area (Å²) in [5, 5.41) is 0.122. The molecule has 1 unspecified atom stereocenters. The molecular formula is C28H28F2N6O3. The Labute approximate surface area is 223 Å². The quantitative estimate of drug-likeness (QED) is 0.356. The van der Waals surface area contributed by atoms with E-state index in [1.165, 1.54) is 0 Å². The summed E-state index contributed by atoms with van der Waals surface area (Å²) in [4.78, 5) is 31.0. The van der Waals surface area contributed by atoms with Crippen LogP contribution in [0.2, 0.25) is 0 Å². The van der Waals surface area contributed by atoms with Crippen LogP contribution in [0.3, 0.4) is 0 Å². The van der Waals surface area contributed by atoms with Crippen molar-refractivity contribution in [2.24, 2.45) is 0 Å². The lowest BCUT2D eigenvalue weighted by atomic mass is 10.0. The van der Waals surface area contributed by atoms with Gasteiger partial charge in [-0.25, -0.2) is 14.4 Å². The number of nitrogens with zero attached hydrogens (tertiary/aromatic N) is 6. The van der Waals surface area contributed by atoms with Gasteiger partial charge in [-0.1, -0.05) is 0 Å². The Bertz CT molecular complexity index is 1560. The van der Waals surface area contributed by atoms with Crippen molar-refractivity contribution in [3.8, 4) is 11.6 Å². The van der Waals surface area contributed by atoms with Gasteiger partial charge in [0, 0.05) is 68.6 Å². The fourth-order valence-corrected chi connectivity index (χ4v) is 5.55. The fourth-order valence-electron chi connectivity index (χ4n) is 5.55. The average Bonchev–Trinajstić information content (AvgIpc) is 2.98. The third-order valence-electron chi connectivity index (χ3n) is 7.42. The molecule has 0 radical (unpaired) electrons. The first-order chi connectivity index (χ1) is 19.0. The highest BCUT2D eigenvalue weighted by molar-refractivity contribution is 5.86. The largest absolute Gasteiger partial charge is 0.486 e. The lowest BCUT2D eigenvalue weighted by Crippen LogP contribution is -2.48. The molecule has 39 heavy (non-hydrogen) atoms. The van der Waals surface area contributed by atoms with Crippen molar-refractivity contribution < 1.29 is 18.3 Å². The molecule has 0 saturated carbocycles. The molecule has 2 aliphatic heterocycles. The first-order valence-electron chi connectivity index (χ1n) is 12.9. The second kappa shape index (κ2) is 10.6. The third-order valence-corrected chi connectivity index (χ3v) is 7.42. The summed E-state index contributed by atoms with van der Waals surface area (Å²) in [7, 11) is 1.57. The lowest BCUT2D eigenvalue weighted by molar-refractivity contribution is 0.157. The zero-order valence-corrected chi connectivity index (χ0v) is 21.5. The van der Waals surface area contributed by atoms with Gasteiger partial charge in [-0.15, -0.1) is 0 Å². The lowest BCUT2D eigenvalue weighted by Gasteiger charge is -2.40. The minimum Gasteiger partial charge on any atom is -0.486 e. The molecule has 0 spiro atoms. The van der Waals surface area contributed by atoms with Crippen LogP contribution in [0.25, 0.3) is 10.9 Å². The van der Waals surface area contributed by atoms with E-state index in [2.05, 4.69) is 24.8 Å². The van der Waals surface area contributed by atoms with Crippen LogP contribution >= 0.6 is 0 Å². The molecular weight excluding hydrogens is 506 g/mol. The van der Waals surface area contributed by atoms with E-state index in [0.717, 1.165) is 36.8 Å². The van der Waals surface area contributed by atoms with Gasteiger partial charge in [0.25, 0.3) is 0 Å². The second-order valence-corrected chi connectivity index (χ2v) is 9.84. The van der Waals surface area contributed by atoms with Gasteiger partial charge in [0.1, 0.15) is 12.4 Å². The van der Waals surface area contributed by atoms with Crippen LogP contribution in [0.15, 0.2) is 54.0 Å². The van der Waals surface area contributed by atoms with Crippen molar-refractivity contribution in [3.05, 3.63) is 82.2 Å². The zero-order valence-electron chi connectivity index (χ0n) is 21.5. The van der Waals surface area contributed by atoms with Crippen LogP contribution < -0.4 is 19.8 Å². The molecule has 1 saturated heterocycles. The molecule has 3 aromatic heterocycles. The van der Waals surface area contributed by atoms with E-state index in [0.29, 0.717) is 43.1 Å². The molecule has 0 bridgehead atoms. The molecule has 2 aliphatic rings. The van der Waals surface area contributed by atoms with Gasteiger partial charge in [0.15, 0.2) is 17.0 Å². The van der Waals surface area contributed by atoms with Gasteiger partial charge in [0.2, 0.25) is 11.7 Å². The van der Waals surface area contributed by atoms with Gasteiger partial charge in [-0.2, -0.15) is 4.39 Å². The Morgan fingerprint density at radius 3 is 2.87 bits per heavy atom. The van der Waals surface area contributed by atoms with Crippen molar-refractivity contribution in [2.45, 2.75) is 38.5 Å². The Balaban J connectivity index is 1.38. The normalized spacial score (nSPS) is 16.9. The second-order valence-electron chi connectivity index (χ2n) is 9.84. The van der Waals surface area contributed by atoms with Crippen molar-refractivity contribution in [3.63, 3.8) is 0 Å². The highest BCUT2D eigenvalue weighted by Crippen LogP contribution is 2.33. The molecule has 4 aromatic rings. The van der Waals surface area contributed by atoms with Crippen molar-refractivity contribution >= 4 is 16.7 Å². The number of ether oxygens (including phenoxy) is 2. The van der Waals surface area contributed by atoms with E-state index in [1.54, 1.807) is 42.7 Å². The highest BCUT2D eigenvalue weighted by atomic mass is 19.2. The molecule has 0 N–H and O–H groups in total. The van der Waals surface area contributed by atoms with Gasteiger partial charge < -0.3 is 18.9 Å². The van der Waals surface area contributed by atoms with Crippen molar-refractivity contribution in [1.29, 1.82) is 0 Å². The molecule has 9 nitrogen and oxygen atoms in total. The van der Waals surface area contributed by atoms with E-state index in [4.69, 9.17) is 9.47 Å². The third kappa shape index (κ3) is 4.89. The number of hydrogen-bond donors (Lipinski definition) is 0. The maximum atomic E-state index is 14.5. The molecule has 5 heterocycles. The zero-order chi connectivity index (χ0) is 26.9. The molecule has 1 atom stereocenters. The Morgan fingerprint density at radius 2 is 2.05 bits per heavy atom. The number of methoxy groups -OCH3 is 1. The predicted octanol–water partition coefficient (Wildman–Crippen LogP) is 3.54. The van der Waals surface area contributed by atoms with Gasteiger partial charge in [-0.3, -0.25) is 14.7 Å². The van der Waals surface area contributed by atoms with Crippen LogP contribution in [0, 0.1) is 11.6 Å². The predicted molar refractivity (Wildman–Crippen MR) is 141 cm³/mol. The van der Waals surface area contributed by atoms with Gasteiger partial charge >= 0.3 is 0 Å². The molecule has 1 aromatic carbocycles. The number of piperidine rings is 1. The fraction of sp³-hybridized carbons (Fsp3) is 0.357. The van der Waals surface area contributed by atoms with E-state index >= 15 is 0 Å². The summed E-state index contributed by atoms with van der Waals surface area (Å²) in [6.45, 7) is 3.08. The number of rotatable bonds is 7. The van der Waals surface area contributed by atoms with Gasteiger partial charge in [0.05, 0.1) is 30.8 Å². The number of anilines is 1. The van der Waals surface area contributed by atoms with E-state index in [1.807, 2.05) is 12.1 Å². The number of benzene rings is 1. The molecule has 202 valence electrons. The van der Waals surface area contributed by atoms with Crippen LogP contribution in [0.4, 0.5) is 14.6 Å². The van der Waals surface area contributed by atoms with Crippen LogP contribution in [0.5, 0.6) is 11.6 Å². The summed E-state index contributed by atoms with van der Waals surface area (Å²) in [6, 6.07) is 4.90. The molecule has 0 amide bonds. The molecule has 11 heteroatoms. The first-order valence-corrected chi connectivity index (χ1v) is 12.9. The number of aromatic nitrogens is 4. The summed E-state index contributed by atoms with van der Waals surface area (Å²) >= 11 is 0. The number of pyridine rings is 2. The monoisotopic (exact) mass is 534 g/mol. The SMILES string of the molecule is COc1cc(CN(Cc2cn3c4c(c(F)c(F)cc4c2=O)OCC3)C2CCCN(c3cnccn3)C2)ccn1. The Hall–Kier alpha value is -4.12. The summed E-state index contributed by atoms with van der Waals surface area (Å²) < 4.78 is 41.4. The van der Waals surface area contributed by atoms with Gasteiger partial charge in [-0.05, 0) is 30.5 Å². The topological polar surface area (TPSA) is 85.6 Å². The minimum atomic E-state index is -1.09. The summed E-state index contributed by atoms with van der Waals surface area (Å²) in [5.41, 5.74) is 1.47. The maximum Gasteiger partial charge on any atom is 0.213 e. The Morgan fingerprint density at radius 1 is 1.15 bits per heavy atom. The molecule has 0 aliphatic carbocycles. The van der Waals surface area contributed by atoms with Crippen LogP contribution in [-0.4, -0.2) is 57.3 Å².